The quantitative estimate of drug-likeness (QED) is 0.436. The van der Waals surface area contributed by atoms with Crippen LogP contribution >= 0.6 is 11.3 Å². The number of nitrogen functional groups attached to an aromatic ring is 1. The second-order valence-electron chi connectivity index (χ2n) is 7.94. The number of para-hydroxylation sites is 1. The molecule has 0 unspecified atom stereocenters. The number of anilines is 1. The van der Waals surface area contributed by atoms with E-state index in [-0.39, 0.29) is 11.9 Å². The van der Waals surface area contributed by atoms with Crippen LogP contribution in [0, 0.1) is 0 Å². The zero-order valence-corrected chi connectivity index (χ0v) is 18.9. The molecule has 1 atom stereocenters. The smallest absolute Gasteiger partial charge is 0.246 e. The largest absolute Gasteiger partial charge is 0.488 e. The van der Waals surface area contributed by atoms with E-state index in [2.05, 4.69) is 28.0 Å². The number of thiophene rings is 1. The van der Waals surface area contributed by atoms with Crippen molar-refractivity contribution in [2.24, 2.45) is 0 Å². The Morgan fingerprint density at radius 3 is 2.97 bits per heavy atom. The predicted octanol–water partition coefficient (Wildman–Crippen LogP) is 4.07. The molecular formula is C24H24N6O2S. The molecule has 0 bridgehead atoms. The molecule has 0 radical (unpaired) electrons. The van der Waals surface area contributed by atoms with Crippen molar-refractivity contribution in [3.63, 3.8) is 0 Å². The lowest BCUT2D eigenvalue weighted by atomic mass is 10.1. The Balaban J connectivity index is 1.46. The zero-order valence-electron chi connectivity index (χ0n) is 18.1. The fourth-order valence-corrected chi connectivity index (χ4v) is 4.97. The molecule has 0 saturated carbocycles. The monoisotopic (exact) mass is 460 g/mol. The number of carbonyl (C=O) groups is 1. The second-order valence-corrected chi connectivity index (χ2v) is 8.93. The zero-order chi connectivity index (χ0) is 22.8. The van der Waals surface area contributed by atoms with Gasteiger partial charge < -0.3 is 15.4 Å². The average Bonchev–Trinajstić information content (AvgIpc) is 3.48. The number of hydrogen-bond donors (Lipinski definition) is 1. The highest BCUT2D eigenvalue weighted by atomic mass is 32.1. The first-order valence-corrected chi connectivity index (χ1v) is 11.7. The predicted molar refractivity (Wildman–Crippen MR) is 129 cm³/mol. The Labute approximate surface area is 195 Å². The van der Waals surface area contributed by atoms with Gasteiger partial charge in [-0.2, -0.15) is 5.10 Å². The number of fused-ring (bicyclic) bond motifs is 1. The van der Waals surface area contributed by atoms with Gasteiger partial charge in [-0.05, 0) is 37.1 Å². The molecule has 168 valence electrons. The molecule has 0 aliphatic carbocycles. The number of nitrogens with zero attached hydrogens (tertiary/aromatic N) is 5. The molecule has 1 aliphatic heterocycles. The van der Waals surface area contributed by atoms with Crippen molar-refractivity contribution < 1.29 is 9.53 Å². The third kappa shape index (κ3) is 4.19. The summed E-state index contributed by atoms with van der Waals surface area (Å²) in [6.07, 6.45) is 4.61. The lowest BCUT2D eigenvalue weighted by Gasteiger charge is -2.32. The molecular weight excluding hydrogens is 436 g/mol. The lowest BCUT2D eigenvalue weighted by molar-refractivity contribution is -0.127. The van der Waals surface area contributed by atoms with E-state index in [0.717, 1.165) is 46.7 Å². The number of rotatable bonds is 6. The maximum atomic E-state index is 12.2. The van der Waals surface area contributed by atoms with Crippen molar-refractivity contribution >= 4 is 34.1 Å². The Morgan fingerprint density at radius 2 is 2.15 bits per heavy atom. The number of likely N-dealkylation sites (tertiary alicyclic amines) is 1. The summed E-state index contributed by atoms with van der Waals surface area (Å²) < 4.78 is 7.79. The van der Waals surface area contributed by atoms with Gasteiger partial charge in [0, 0.05) is 28.9 Å². The molecule has 1 saturated heterocycles. The minimum atomic E-state index is -0.0635. The Hall–Kier alpha value is -3.72. The molecule has 1 fully saturated rings. The van der Waals surface area contributed by atoms with Gasteiger partial charge >= 0.3 is 0 Å². The van der Waals surface area contributed by atoms with Crippen molar-refractivity contribution in [2.75, 3.05) is 18.8 Å². The Kier molecular flexibility index (Phi) is 5.78. The SMILES string of the molecule is C=CC(=O)N1CCC[C@H](n2nc(-c3csc(COc4ccccc4)c3)c3c(N)ncnc32)C1. The number of benzene rings is 1. The molecule has 4 heterocycles. The van der Waals surface area contributed by atoms with Crippen LogP contribution in [0.4, 0.5) is 5.82 Å². The van der Waals surface area contributed by atoms with Crippen molar-refractivity contribution in [1.82, 2.24) is 24.6 Å². The number of carbonyl (C=O) groups excluding carboxylic acids is 1. The maximum absolute atomic E-state index is 12.2. The maximum Gasteiger partial charge on any atom is 0.246 e. The van der Waals surface area contributed by atoms with Crippen LogP contribution in [-0.2, 0) is 11.4 Å². The number of amides is 1. The van der Waals surface area contributed by atoms with Gasteiger partial charge in [-0.3, -0.25) is 4.79 Å². The molecule has 3 aromatic heterocycles. The van der Waals surface area contributed by atoms with Gasteiger partial charge in [-0.1, -0.05) is 24.8 Å². The summed E-state index contributed by atoms with van der Waals surface area (Å²) in [6.45, 7) is 5.37. The summed E-state index contributed by atoms with van der Waals surface area (Å²) in [7, 11) is 0. The molecule has 0 spiro atoms. The van der Waals surface area contributed by atoms with Crippen LogP contribution in [-0.4, -0.2) is 43.6 Å². The van der Waals surface area contributed by atoms with Crippen LogP contribution in [0.5, 0.6) is 5.75 Å². The number of nitrogens with two attached hydrogens (primary N) is 1. The fourth-order valence-electron chi connectivity index (χ4n) is 4.19. The Morgan fingerprint density at radius 1 is 1.30 bits per heavy atom. The normalized spacial score (nSPS) is 16.1. The molecule has 1 amide bonds. The Bertz CT molecular complexity index is 1300. The first-order chi connectivity index (χ1) is 16.1. The van der Waals surface area contributed by atoms with Gasteiger partial charge in [0.25, 0.3) is 0 Å². The third-order valence-electron chi connectivity index (χ3n) is 5.80. The summed E-state index contributed by atoms with van der Waals surface area (Å²) in [4.78, 5) is 23.8. The summed E-state index contributed by atoms with van der Waals surface area (Å²) in [5, 5.41) is 7.72. The van der Waals surface area contributed by atoms with E-state index >= 15 is 0 Å². The molecule has 9 heteroatoms. The van der Waals surface area contributed by atoms with Crippen molar-refractivity contribution in [3.8, 4) is 17.0 Å². The van der Waals surface area contributed by atoms with Gasteiger partial charge in [0.2, 0.25) is 5.91 Å². The molecule has 8 nitrogen and oxygen atoms in total. The van der Waals surface area contributed by atoms with Crippen LogP contribution in [0.25, 0.3) is 22.3 Å². The number of piperidine rings is 1. The summed E-state index contributed by atoms with van der Waals surface area (Å²) in [5.41, 5.74) is 8.65. The van der Waals surface area contributed by atoms with E-state index in [9.17, 15) is 4.79 Å². The second kappa shape index (κ2) is 9.03. The minimum absolute atomic E-state index is 0.00715. The highest BCUT2D eigenvalue weighted by Gasteiger charge is 2.28. The van der Waals surface area contributed by atoms with Crippen molar-refractivity contribution in [2.45, 2.75) is 25.5 Å². The summed E-state index contributed by atoms with van der Waals surface area (Å²) >= 11 is 1.61. The minimum Gasteiger partial charge on any atom is -0.488 e. The van der Waals surface area contributed by atoms with Crippen molar-refractivity contribution in [1.29, 1.82) is 0 Å². The topological polar surface area (TPSA) is 99.2 Å². The van der Waals surface area contributed by atoms with E-state index in [1.54, 1.807) is 11.3 Å². The van der Waals surface area contributed by atoms with Crippen LogP contribution in [0.15, 0.2) is 60.8 Å². The molecule has 4 aromatic rings. The van der Waals surface area contributed by atoms with Gasteiger partial charge in [-0.25, -0.2) is 14.6 Å². The fraction of sp³-hybridized carbons (Fsp3) is 0.250. The van der Waals surface area contributed by atoms with Gasteiger partial charge in [-0.15, -0.1) is 11.3 Å². The molecule has 1 aliphatic rings. The number of ether oxygens (including phenoxy) is 1. The van der Waals surface area contributed by atoms with E-state index < -0.39 is 0 Å². The van der Waals surface area contributed by atoms with E-state index in [4.69, 9.17) is 15.6 Å². The number of aromatic nitrogens is 4. The van der Waals surface area contributed by atoms with Gasteiger partial charge in [0.15, 0.2) is 5.65 Å². The molecule has 33 heavy (non-hydrogen) atoms. The summed E-state index contributed by atoms with van der Waals surface area (Å²) in [6, 6.07) is 11.8. The van der Waals surface area contributed by atoms with Crippen LogP contribution in [0.1, 0.15) is 23.8 Å². The van der Waals surface area contributed by atoms with Gasteiger partial charge in [0.05, 0.1) is 11.4 Å². The first kappa shape index (κ1) is 21.1. The lowest BCUT2D eigenvalue weighted by Crippen LogP contribution is -2.40. The van der Waals surface area contributed by atoms with E-state index in [1.807, 2.05) is 39.9 Å². The first-order valence-electron chi connectivity index (χ1n) is 10.8. The van der Waals surface area contributed by atoms with Crippen molar-refractivity contribution in [3.05, 3.63) is 65.6 Å². The standard InChI is InChI=1S/C24H24N6O2S/c1-2-20(31)29-10-6-7-17(12-29)30-24-21(23(25)26-15-27-24)22(28-30)16-11-19(33-14-16)13-32-18-8-4-3-5-9-18/h2-5,8-9,11,14-15,17H,1,6-7,10,12-13H2,(H2,25,26,27)/t17-/m0/s1. The molecule has 5 rings (SSSR count). The molecule has 2 N–H and O–H groups in total. The van der Waals surface area contributed by atoms with Crippen LogP contribution in [0.2, 0.25) is 0 Å². The van der Waals surface area contributed by atoms with E-state index in [1.165, 1.54) is 12.4 Å². The highest BCUT2D eigenvalue weighted by molar-refractivity contribution is 7.10. The van der Waals surface area contributed by atoms with Crippen LogP contribution in [0.3, 0.4) is 0 Å². The third-order valence-corrected chi connectivity index (χ3v) is 6.71. The highest BCUT2D eigenvalue weighted by Crippen LogP contribution is 2.35. The van der Waals surface area contributed by atoms with Gasteiger partial charge in [0.1, 0.15) is 30.2 Å². The van der Waals surface area contributed by atoms with E-state index in [0.29, 0.717) is 24.6 Å². The van der Waals surface area contributed by atoms with Crippen LogP contribution < -0.4 is 10.5 Å². The summed E-state index contributed by atoms with van der Waals surface area (Å²) in [5.74, 6) is 1.16. The molecule has 1 aromatic carbocycles. The number of hydrogen-bond acceptors (Lipinski definition) is 7. The average molecular weight is 461 g/mol.